The van der Waals surface area contributed by atoms with Gasteiger partial charge in [-0.3, -0.25) is 9.78 Å². The highest BCUT2D eigenvalue weighted by Crippen LogP contribution is 2.11. The van der Waals surface area contributed by atoms with Crippen LogP contribution in [0.15, 0.2) is 22.9 Å². The molecule has 1 aromatic rings. The summed E-state index contributed by atoms with van der Waals surface area (Å²) in [5.74, 6) is -0.532. The lowest BCUT2D eigenvalue weighted by molar-refractivity contribution is 0.0375. The summed E-state index contributed by atoms with van der Waals surface area (Å²) < 4.78 is 0.632. The Balaban J connectivity index is 2.84. The third-order valence-electron chi connectivity index (χ3n) is 2.25. The average Bonchev–Trinajstić information content (AvgIpc) is 2.36. The Morgan fingerprint density at radius 1 is 1.29 bits per heavy atom. The highest BCUT2D eigenvalue weighted by molar-refractivity contribution is 9.10. The van der Waals surface area contributed by atoms with Crippen molar-refractivity contribution in [1.82, 2.24) is 10.3 Å². The van der Waals surface area contributed by atoms with Crippen molar-refractivity contribution in [3.63, 3.8) is 0 Å². The molecule has 1 amide bonds. The van der Waals surface area contributed by atoms with E-state index in [0.29, 0.717) is 4.47 Å². The van der Waals surface area contributed by atoms with Gasteiger partial charge in [0.2, 0.25) is 0 Å². The molecule has 4 N–H and O–H groups in total. The molecule has 0 spiro atoms. The van der Waals surface area contributed by atoms with Gasteiger partial charge in [0.15, 0.2) is 0 Å². The minimum absolute atomic E-state index is 0.263. The van der Waals surface area contributed by atoms with Crippen LogP contribution in [-0.4, -0.2) is 51.6 Å². The van der Waals surface area contributed by atoms with Crippen molar-refractivity contribution < 1.29 is 20.1 Å². The number of amides is 1. The summed E-state index contributed by atoms with van der Waals surface area (Å²) in [6.07, 6.45) is 2.87. The first-order valence-electron chi connectivity index (χ1n) is 4.82. The Bertz CT molecular complexity index is 387. The van der Waals surface area contributed by atoms with Gasteiger partial charge in [0, 0.05) is 16.9 Å². The van der Waals surface area contributed by atoms with Gasteiger partial charge in [-0.2, -0.15) is 0 Å². The van der Waals surface area contributed by atoms with E-state index in [2.05, 4.69) is 26.2 Å². The fourth-order valence-corrected chi connectivity index (χ4v) is 1.48. The Morgan fingerprint density at radius 2 is 1.88 bits per heavy atom. The van der Waals surface area contributed by atoms with E-state index >= 15 is 0 Å². The van der Waals surface area contributed by atoms with Crippen molar-refractivity contribution in [2.24, 2.45) is 0 Å². The zero-order chi connectivity index (χ0) is 12.9. The van der Waals surface area contributed by atoms with Crippen LogP contribution in [0, 0.1) is 0 Å². The van der Waals surface area contributed by atoms with Crippen LogP contribution in [0.3, 0.4) is 0 Å². The molecule has 0 unspecified atom stereocenters. The summed E-state index contributed by atoms with van der Waals surface area (Å²) in [5, 5.41) is 29.6. The summed E-state index contributed by atoms with van der Waals surface area (Å²) in [7, 11) is 0. The molecule has 1 heterocycles. The minimum atomic E-state index is -1.43. The van der Waals surface area contributed by atoms with E-state index in [1.54, 1.807) is 6.07 Å². The van der Waals surface area contributed by atoms with Crippen molar-refractivity contribution in [2.75, 3.05) is 19.8 Å². The lowest BCUT2D eigenvalue weighted by atomic mass is 10.0. The normalized spacial score (nSPS) is 11.3. The van der Waals surface area contributed by atoms with Crippen LogP contribution in [0.5, 0.6) is 0 Å². The zero-order valence-electron chi connectivity index (χ0n) is 8.93. The Morgan fingerprint density at radius 3 is 2.35 bits per heavy atom. The quantitative estimate of drug-likeness (QED) is 0.575. The van der Waals surface area contributed by atoms with E-state index in [-0.39, 0.29) is 5.56 Å². The highest BCUT2D eigenvalue weighted by atomic mass is 79.9. The first-order valence-corrected chi connectivity index (χ1v) is 5.62. The van der Waals surface area contributed by atoms with Gasteiger partial charge < -0.3 is 20.6 Å². The van der Waals surface area contributed by atoms with Crippen LogP contribution in [-0.2, 0) is 0 Å². The maximum Gasteiger partial charge on any atom is 0.253 e. The van der Waals surface area contributed by atoms with Crippen molar-refractivity contribution in [3.8, 4) is 0 Å². The third-order valence-corrected chi connectivity index (χ3v) is 2.69. The number of nitrogens with zero attached hydrogens (tertiary/aromatic N) is 1. The molecule has 17 heavy (non-hydrogen) atoms. The van der Waals surface area contributed by atoms with Crippen LogP contribution in [0.25, 0.3) is 0 Å². The summed E-state index contributed by atoms with van der Waals surface area (Å²) in [4.78, 5) is 15.6. The zero-order valence-corrected chi connectivity index (χ0v) is 10.5. The topological polar surface area (TPSA) is 103 Å². The average molecular weight is 305 g/mol. The second kappa shape index (κ2) is 6.06. The molecule has 94 valence electrons. The number of carbonyl (C=O) groups excluding carboxylic acids is 1. The predicted molar refractivity (Wildman–Crippen MR) is 63.4 cm³/mol. The van der Waals surface area contributed by atoms with Crippen molar-refractivity contribution in [3.05, 3.63) is 28.5 Å². The molecule has 0 aromatic carbocycles. The predicted octanol–water partition coefficient (Wildman–Crippen LogP) is -0.710. The molecule has 0 fully saturated rings. The molecular formula is C10H13BrN2O4. The Kier molecular flexibility index (Phi) is 5.01. The highest BCUT2D eigenvalue weighted by Gasteiger charge is 2.30. The Labute approximate surface area is 106 Å². The van der Waals surface area contributed by atoms with E-state index < -0.39 is 31.3 Å². The molecule has 0 bridgehead atoms. The van der Waals surface area contributed by atoms with Gasteiger partial charge in [-0.1, -0.05) is 0 Å². The van der Waals surface area contributed by atoms with Gasteiger partial charge in [0.25, 0.3) is 5.91 Å². The monoisotopic (exact) mass is 304 g/mol. The number of pyridine rings is 1. The Hall–Kier alpha value is -1.02. The number of hydrogen-bond donors (Lipinski definition) is 4. The van der Waals surface area contributed by atoms with E-state index in [1.807, 2.05) is 0 Å². The number of carbonyl (C=O) groups is 1. The SMILES string of the molecule is O=C(NC(CO)(CO)CO)c1cncc(Br)c1. The summed E-state index contributed by atoms with van der Waals surface area (Å²) in [5.41, 5.74) is -1.17. The van der Waals surface area contributed by atoms with Gasteiger partial charge in [-0.25, -0.2) is 0 Å². The van der Waals surface area contributed by atoms with E-state index in [1.165, 1.54) is 12.4 Å². The molecule has 0 aliphatic carbocycles. The van der Waals surface area contributed by atoms with E-state index in [4.69, 9.17) is 15.3 Å². The fourth-order valence-electron chi connectivity index (χ4n) is 1.12. The maximum absolute atomic E-state index is 11.8. The second-order valence-corrected chi connectivity index (χ2v) is 4.52. The lowest BCUT2D eigenvalue weighted by Crippen LogP contribution is -2.57. The fraction of sp³-hybridized carbons (Fsp3) is 0.400. The standard InChI is InChI=1S/C10H13BrN2O4/c11-8-1-7(2-12-3-8)9(17)13-10(4-14,5-15)6-16/h1-3,14-16H,4-6H2,(H,13,17). The van der Waals surface area contributed by atoms with Crippen LogP contribution in [0.4, 0.5) is 0 Å². The first-order chi connectivity index (χ1) is 8.06. The molecule has 0 saturated heterocycles. The van der Waals surface area contributed by atoms with Gasteiger partial charge >= 0.3 is 0 Å². The van der Waals surface area contributed by atoms with Crippen molar-refractivity contribution in [1.29, 1.82) is 0 Å². The summed E-state index contributed by atoms with van der Waals surface area (Å²) >= 11 is 3.17. The number of aromatic nitrogens is 1. The van der Waals surface area contributed by atoms with Gasteiger partial charge in [0.05, 0.1) is 25.4 Å². The summed E-state index contributed by atoms with van der Waals surface area (Å²) in [6, 6.07) is 1.54. The van der Waals surface area contributed by atoms with Crippen LogP contribution >= 0.6 is 15.9 Å². The molecule has 0 radical (unpaired) electrons. The first kappa shape index (κ1) is 14.0. The number of halogens is 1. The van der Waals surface area contributed by atoms with Gasteiger partial charge in [-0.15, -0.1) is 0 Å². The van der Waals surface area contributed by atoms with Crippen LogP contribution in [0.1, 0.15) is 10.4 Å². The summed E-state index contributed by atoms with van der Waals surface area (Å²) in [6.45, 7) is -1.69. The number of rotatable bonds is 5. The molecule has 1 rings (SSSR count). The number of hydrogen-bond acceptors (Lipinski definition) is 5. The smallest absolute Gasteiger partial charge is 0.253 e. The second-order valence-electron chi connectivity index (χ2n) is 3.60. The van der Waals surface area contributed by atoms with Crippen LogP contribution < -0.4 is 5.32 Å². The molecular weight excluding hydrogens is 292 g/mol. The minimum Gasteiger partial charge on any atom is -0.394 e. The molecule has 7 heteroatoms. The van der Waals surface area contributed by atoms with E-state index in [9.17, 15) is 4.79 Å². The molecule has 0 aliphatic rings. The van der Waals surface area contributed by atoms with Gasteiger partial charge in [0.1, 0.15) is 5.54 Å². The number of nitrogens with one attached hydrogen (secondary N) is 1. The molecule has 1 aromatic heterocycles. The van der Waals surface area contributed by atoms with Crippen molar-refractivity contribution in [2.45, 2.75) is 5.54 Å². The lowest BCUT2D eigenvalue weighted by Gasteiger charge is -2.28. The molecule has 0 aliphatic heterocycles. The van der Waals surface area contributed by atoms with Crippen LogP contribution in [0.2, 0.25) is 0 Å². The number of aliphatic hydroxyl groups is 3. The largest absolute Gasteiger partial charge is 0.394 e. The van der Waals surface area contributed by atoms with Gasteiger partial charge in [-0.05, 0) is 22.0 Å². The third kappa shape index (κ3) is 3.47. The maximum atomic E-state index is 11.8. The molecule has 0 saturated carbocycles. The molecule has 6 nitrogen and oxygen atoms in total. The number of aliphatic hydroxyl groups excluding tert-OH is 3. The van der Waals surface area contributed by atoms with E-state index in [0.717, 1.165) is 0 Å². The van der Waals surface area contributed by atoms with Crippen molar-refractivity contribution >= 4 is 21.8 Å². The molecule has 0 atom stereocenters.